The largest absolute Gasteiger partial charge is 0.353 e. The summed E-state index contributed by atoms with van der Waals surface area (Å²) >= 11 is 0. The number of benzene rings is 2. The molecule has 2 heterocycles. The first kappa shape index (κ1) is 21.5. The highest BCUT2D eigenvalue weighted by molar-refractivity contribution is 6.05. The number of piperazine rings is 1. The Balaban J connectivity index is 1.43. The van der Waals surface area contributed by atoms with Gasteiger partial charge >= 0.3 is 0 Å². The molecule has 0 atom stereocenters. The van der Waals surface area contributed by atoms with Crippen LogP contribution in [0.25, 0.3) is 0 Å². The van der Waals surface area contributed by atoms with E-state index in [4.69, 9.17) is 0 Å². The Morgan fingerprint density at radius 3 is 2.25 bits per heavy atom. The van der Waals surface area contributed by atoms with Gasteiger partial charge in [0.1, 0.15) is 11.6 Å². The third-order valence-corrected chi connectivity index (χ3v) is 5.61. The number of nitrogens with zero attached hydrogens (tertiary/aromatic N) is 4. The number of amides is 2. The lowest BCUT2D eigenvalue weighted by molar-refractivity contribution is 0.0746. The van der Waals surface area contributed by atoms with Crippen molar-refractivity contribution in [3.05, 3.63) is 82.8 Å². The standard InChI is InChI=1S/C25H27N5O2/c1-17-9-10-21(16-22(17)28-24(31)20-7-5-4-6-8-20)25(32)30-13-11-29(12-14-30)23-15-18(2)26-19(3)27-23/h4-10,15-16H,11-14H2,1-3H3,(H,28,31). The fourth-order valence-corrected chi connectivity index (χ4v) is 3.85. The maximum absolute atomic E-state index is 13.1. The molecule has 7 heteroatoms. The van der Waals surface area contributed by atoms with E-state index in [-0.39, 0.29) is 11.8 Å². The topological polar surface area (TPSA) is 78.4 Å². The normalized spacial score (nSPS) is 13.7. The Labute approximate surface area is 188 Å². The Bertz CT molecular complexity index is 1120. The summed E-state index contributed by atoms with van der Waals surface area (Å²) in [6.45, 7) is 8.42. The molecule has 32 heavy (non-hydrogen) atoms. The molecule has 0 saturated carbocycles. The lowest BCUT2D eigenvalue weighted by Gasteiger charge is -2.35. The molecule has 1 N–H and O–H groups in total. The van der Waals surface area contributed by atoms with Crippen molar-refractivity contribution in [3.63, 3.8) is 0 Å². The van der Waals surface area contributed by atoms with Crippen molar-refractivity contribution in [1.82, 2.24) is 14.9 Å². The molecule has 1 aliphatic rings. The average molecular weight is 430 g/mol. The first-order valence-corrected chi connectivity index (χ1v) is 10.7. The Hall–Kier alpha value is -3.74. The van der Waals surface area contributed by atoms with Crippen molar-refractivity contribution in [2.45, 2.75) is 20.8 Å². The second-order valence-electron chi connectivity index (χ2n) is 8.04. The zero-order chi connectivity index (χ0) is 22.7. The van der Waals surface area contributed by atoms with Gasteiger partial charge in [-0.05, 0) is 50.6 Å². The minimum absolute atomic E-state index is 0.0325. The van der Waals surface area contributed by atoms with Gasteiger partial charge in [0.25, 0.3) is 11.8 Å². The van der Waals surface area contributed by atoms with Gasteiger partial charge in [0, 0.05) is 54.8 Å². The zero-order valence-electron chi connectivity index (χ0n) is 18.6. The molecular weight excluding hydrogens is 402 g/mol. The van der Waals surface area contributed by atoms with E-state index in [1.807, 2.05) is 62.1 Å². The van der Waals surface area contributed by atoms with E-state index in [0.717, 1.165) is 22.9 Å². The second-order valence-corrected chi connectivity index (χ2v) is 8.04. The van der Waals surface area contributed by atoms with Gasteiger partial charge in [-0.25, -0.2) is 9.97 Å². The van der Waals surface area contributed by atoms with E-state index in [1.165, 1.54) is 0 Å². The van der Waals surface area contributed by atoms with Crippen LogP contribution in [0.2, 0.25) is 0 Å². The molecule has 0 unspecified atom stereocenters. The fraction of sp³-hybridized carbons (Fsp3) is 0.280. The van der Waals surface area contributed by atoms with E-state index < -0.39 is 0 Å². The van der Waals surface area contributed by atoms with E-state index >= 15 is 0 Å². The van der Waals surface area contributed by atoms with Crippen LogP contribution >= 0.6 is 0 Å². The van der Waals surface area contributed by atoms with Crippen molar-refractivity contribution in [2.24, 2.45) is 0 Å². The molecule has 2 aromatic carbocycles. The van der Waals surface area contributed by atoms with Crippen LogP contribution in [0.3, 0.4) is 0 Å². The molecule has 164 valence electrons. The predicted octanol–water partition coefficient (Wildman–Crippen LogP) is 3.62. The SMILES string of the molecule is Cc1cc(N2CCN(C(=O)c3ccc(C)c(NC(=O)c4ccccc4)c3)CC2)nc(C)n1. The Morgan fingerprint density at radius 1 is 0.844 bits per heavy atom. The summed E-state index contributed by atoms with van der Waals surface area (Å²) in [5.41, 5.74) is 3.65. The highest BCUT2D eigenvalue weighted by Gasteiger charge is 2.24. The average Bonchev–Trinajstić information content (AvgIpc) is 2.80. The highest BCUT2D eigenvalue weighted by atomic mass is 16.2. The van der Waals surface area contributed by atoms with E-state index in [2.05, 4.69) is 20.2 Å². The van der Waals surface area contributed by atoms with Gasteiger partial charge in [-0.2, -0.15) is 0 Å². The summed E-state index contributed by atoms with van der Waals surface area (Å²) in [6.07, 6.45) is 0. The molecule has 7 nitrogen and oxygen atoms in total. The maximum Gasteiger partial charge on any atom is 0.255 e. The number of nitrogens with one attached hydrogen (secondary N) is 1. The number of hydrogen-bond donors (Lipinski definition) is 1. The van der Waals surface area contributed by atoms with Gasteiger partial charge in [-0.15, -0.1) is 0 Å². The summed E-state index contributed by atoms with van der Waals surface area (Å²) in [4.78, 5) is 38.6. The van der Waals surface area contributed by atoms with Gasteiger partial charge in [-0.3, -0.25) is 9.59 Å². The minimum atomic E-state index is -0.192. The molecule has 0 spiro atoms. The molecule has 1 fully saturated rings. The number of aromatic nitrogens is 2. The van der Waals surface area contributed by atoms with Crippen molar-refractivity contribution >= 4 is 23.3 Å². The third-order valence-electron chi connectivity index (χ3n) is 5.61. The van der Waals surface area contributed by atoms with Gasteiger partial charge in [0.15, 0.2) is 0 Å². The van der Waals surface area contributed by atoms with Crippen molar-refractivity contribution < 1.29 is 9.59 Å². The molecule has 3 aromatic rings. The van der Waals surface area contributed by atoms with Crippen molar-refractivity contribution in [2.75, 3.05) is 36.4 Å². The Morgan fingerprint density at radius 2 is 1.56 bits per heavy atom. The van der Waals surface area contributed by atoms with Crippen LogP contribution in [-0.2, 0) is 0 Å². The molecule has 0 aliphatic carbocycles. The van der Waals surface area contributed by atoms with Crippen molar-refractivity contribution in [3.8, 4) is 0 Å². The van der Waals surface area contributed by atoms with Crippen LogP contribution in [0.15, 0.2) is 54.6 Å². The maximum atomic E-state index is 13.1. The van der Waals surface area contributed by atoms with Crippen LogP contribution in [0, 0.1) is 20.8 Å². The smallest absolute Gasteiger partial charge is 0.255 e. The van der Waals surface area contributed by atoms with E-state index in [0.29, 0.717) is 43.0 Å². The lowest BCUT2D eigenvalue weighted by Crippen LogP contribution is -2.49. The Kier molecular flexibility index (Phi) is 6.16. The van der Waals surface area contributed by atoms with Gasteiger partial charge in [0.05, 0.1) is 0 Å². The molecule has 2 amide bonds. The van der Waals surface area contributed by atoms with Gasteiger partial charge in [-0.1, -0.05) is 24.3 Å². The summed E-state index contributed by atoms with van der Waals surface area (Å²) in [6, 6.07) is 16.5. The number of rotatable bonds is 4. The fourth-order valence-electron chi connectivity index (χ4n) is 3.85. The number of anilines is 2. The summed E-state index contributed by atoms with van der Waals surface area (Å²) in [5.74, 6) is 1.43. The van der Waals surface area contributed by atoms with Crippen molar-refractivity contribution in [1.29, 1.82) is 0 Å². The van der Waals surface area contributed by atoms with E-state index in [9.17, 15) is 9.59 Å². The van der Waals surface area contributed by atoms with Crippen LogP contribution in [0.4, 0.5) is 11.5 Å². The third kappa shape index (κ3) is 4.77. The minimum Gasteiger partial charge on any atom is -0.353 e. The van der Waals surface area contributed by atoms with Crippen LogP contribution in [0.5, 0.6) is 0 Å². The summed E-state index contributed by atoms with van der Waals surface area (Å²) in [5, 5.41) is 2.93. The van der Waals surface area contributed by atoms with Gasteiger partial charge in [0.2, 0.25) is 0 Å². The number of carbonyl (C=O) groups excluding carboxylic acids is 2. The van der Waals surface area contributed by atoms with Crippen LogP contribution in [-0.4, -0.2) is 52.9 Å². The summed E-state index contributed by atoms with van der Waals surface area (Å²) < 4.78 is 0. The molecule has 1 aliphatic heterocycles. The molecule has 0 radical (unpaired) electrons. The van der Waals surface area contributed by atoms with Crippen LogP contribution in [0.1, 0.15) is 37.8 Å². The summed E-state index contributed by atoms with van der Waals surface area (Å²) in [7, 11) is 0. The van der Waals surface area contributed by atoms with Gasteiger partial charge < -0.3 is 15.1 Å². The molecular formula is C25H27N5O2. The zero-order valence-corrected chi connectivity index (χ0v) is 18.6. The molecule has 1 aromatic heterocycles. The molecule has 1 saturated heterocycles. The highest BCUT2D eigenvalue weighted by Crippen LogP contribution is 2.21. The quantitative estimate of drug-likeness (QED) is 0.685. The monoisotopic (exact) mass is 429 g/mol. The molecule has 4 rings (SSSR count). The second kappa shape index (κ2) is 9.18. The lowest BCUT2D eigenvalue weighted by atomic mass is 10.1. The van der Waals surface area contributed by atoms with E-state index in [1.54, 1.807) is 18.2 Å². The first-order chi connectivity index (χ1) is 15.4. The molecule has 0 bridgehead atoms. The predicted molar refractivity (Wildman–Crippen MR) is 125 cm³/mol. The van der Waals surface area contributed by atoms with Crippen LogP contribution < -0.4 is 10.2 Å². The number of carbonyl (C=O) groups is 2. The number of aryl methyl sites for hydroxylation is 3. The first-order valence-electron chi connectivity index (χ1n) is 10.7. The number of hydrogen-bond acceptors (Lipinski definition) is 5.